The quantitative estimate of drug-likeness (QED) is 0.608. The Hall–Kier alpha value is -2.85. The highest BCUT2D eigenvalue weighted by molar-refractivity contribution is 7.88. The van der Waals surface area contributed by atoms with Crippen LogP contribution in [0.1, 0.15) is 11.1 Å². The summed E-state index contributed by atoms with van der Waals surface area (Å²) in [5, 5.41) is 1.83. The van der Waals surface area contributed by atoms with Crippen LogP contribution in [0.2, 0.25) is 0 Å². The minimum atomic E-state index is -1.29. The lowest BCUT2D eigenvalue weighted by Crippen LogP contribution is -2.11. The molecule has 1 unspecified atom stereocenters. The van der Waals surface area contributed by atoms with Crippen LogP contribution in [-0.2, 0) is 10.8 Å². The molecule has 0 fully saturated rings. The molecule has 3 aromatic carbocycles. The second-order valence-electron chi connectivity index (χ2n) is 6.29. The first kappa shape index (κ1) is 18.9. The molecule has 0 bridgehead atoms. The average molecular weight is 378 g/mol. The van der Waals surface area contributed by atoms with Crippen molar-refractivity contribution in [3.05, 3.63) is 95.4 Å². The van der Waals surface area contributed by atoms with E-state index >= 15 is 0 Å². The highest BCUT2D eigenvalue weighted by Crippen LogP contribution is 2.29. The third-order valence-corrected chi connectivity index (χ3v) is 5.50. The van der Waals surface area contributed by atoms with Crippen molar-refractivity contribution in [3.63, 3.8) is 0 Å². The minimum absolute atomic E-state index is 0.796. The Kier molecular flexibility index (Phi) is 6.09. The second-order valence-corrected chi connectivity index (χ2v) is 7.56. The molecule has 0 heterocycles. The zero-order chi connectivity index (χ0) is 19.2. The predicted molar refractivity (Wildman–Crippen MR) is 114 cm³/mol. The first-order chi connectivity index (χ1) is 13.1. The molecule has 0 spiro atoms. The molecule has 0 aliphatic carbocycles. The number of anilines is 1. The molecule has 0 saturated carbocycles. The molecule has 0 aliphatic heterocycles. The number of benzene rings is 3. The van der Waals surface area contributed by atoms with E-state index in [1.54, 1.807) is 7.11 Å². The summed E-state index contributed by atoms with van der Waals surface area (Å²) < 4.78 is 18.5. The van der Waals surface area contributed by atoms with Crippen molar-refractivity contribution < 1.29 is 8.95 Å². The standard InChI is InChI=1S/C23H23NO2S/c1-24(2)22-11-7-8-12-23(22)27(25)17-21(18-9-5-4-6-10-18)19-13-15-20(26-3)16-14-19/h4-17H,1-3H3/b21-17+. The number of ether oxygens (including phenoxy) is 1. The first-order valence-corrected chi connectivity index (χ1v) is 9.90. The van der Waals surface area contributed by atoms with Gasteiger partial charge in [-0.2, -0.15) is 0 Å². The Morgan fingerprint density at radius 2 is 1.44 bits per heavy atom. The van der Waals surface area contributed by atoms with E-state index < -0.39 is 10.8 Å². The molecular weight excluding hydrogens is 354 g/mol. The SMILES string of the molecule is COc1ccc(/C(=C/S(=O)c2ccccc2N(C)C)c2ccccc2)cc1. The molecule has 4 heteroatoms. The van der Waals surface area contributed by atoms with E-state index in [0.29, 0.717) is 0 Å². The number of hydrogen-bond acceptors (Lipinski definition) is 3. The van der Waals surface area contributed by atoms with Gasteiger partial charge in [-0.15, -0.1) is 0 Å². The van der Waals surface area contributed by atoms with Crippen LogP contribution in [0.15, 0.2) is 89.2 Å². The van der Waals surface area contributed by atoms with Crippen LogP contribution in [-0.4, -0.2) is 25.4 Å². The van der Waals surface area contributed by atoms with Gasteiger partial charge in [-0.1, -0.05) is 54.6 Å². The highest BCUT2D eigenvalue weighted by Gasteiger charge is 2.12. The monoisotopic (exact) mass is 377 g/mol. The van der Waals surface area contributed by atoms with E-state index in [9.17, 15) is 4.21 Å². The van der Waals surface area contributed by atoms with Crippen LogP contribution >= 0.6 is 0 Å². The van der Waals surface area contributed by atoms with Crippen LogP contribution < -0.4 is 9.64 Å². The zero-order valence-corrected chi connectivity index (χ0v) is 16.6. The summed E-state index contributed by atoms with van der Waals surface area (Å²) >= 11 is 0. The number of rotatable bonds is 6. The average Bonchev–Trinajstić information content (AvgIpc) is 2.72. The first-order valence-electron chi connectivity index (χ1n) is 8.68. The van der Waals surface area contributed by atoms with Crippen molar-refractivity contribution in [2.45, 2.75) is 4.90 Å². The maximum absolute atomic E-state index is 13.2. The Bertz CT molecular complexity index is 948. The molecule has 1 atom stereocenters. The molecule has 3 aromatic rings. The minimum Gasteiger partial charge on any atom is -0.497 e. The summed E-state index contributed by atoms with van der Waals surface area (Å²) in [7, 11) is 4.28. The normalized spacial score (nSPS) is 12.5. The van der Waals surface area contributed by atoms with E-state index in [2.05, 4.69) is 0 Å². The molecule has 0 aliphatic rings. The number of nitrogens with zero attached hydrogens (tertiary/aromatic N) is 1. The number of methoxy groups -OCH3 is 1. The van der Waals surface area contributed by atoms with Crippen LogP contribution in [0.4, 0.5) is 5.69 Å². The van der Waals surface area contributed by atoms with Gasteiger partial charge >= 0.3 is 0 Å². The Balaban J connectivity index is 2.09. The van der Waals surface area contributed by atoms with Gasteiger partial charge in [0, 0.05) is 19.5 Å². The zero-order valence-electron chi connectivity index (χ0n) is 15.8. The van der Waals surface area contributed by atoms with Gasteiger partial charge in [-0.3, -0.25) is 0 Å². The van der Waals surface area contributed by atoms with Crippen LogP contribution in [0.5, 0.6) is 5.75 Å². The summed E-state index contributed by atoms with van der Waals surface area (Å²) in [6, 6.07) is 25.6. The van der Waals surface area contributed by atoms with Crippen molar-refractivity contribution >= 4 is 22.1 Å². The number of para-hydroxylation sites is 1. The molecule has 3 nitrogen and oxygen atoms in total. The van der Waals surface area contributed by atoms with Gasteiger partial charge in [0.2, 0.25) is 0 Å². The van der Waals surface area contributed by atoms with E-state index in [0.717, 1.165) is 33.0 Å². The summed E-state index contributed by atoms with van der Waals surface area (Å²) in [6.07, 6.45) is 0. The predicted octanol–water partition coefficient (Wildman–Crippen LogP) is 4.96. The van der Waals surface area contributed by atoms with E-state index in [-0.39, 0.29) is 0 Å². The lowest BCUT2D eigenvalue weighted by Gasteiger charge is -2.16. The fourth-order valence-corrected chi connectivity index (χ4v) is 4.14. The maximum Gasteiger partial charge on any atom is 0.118 e. The van der Waals surface area contributed by atoms with Crippen molar-refractivity contribution in [2.75, 3.05) is 26.1 Å². The largest absolute Gasteiger partial charge is 0.497 e. The summed E-state index contributed by atoms with van der Waals surface area (Å²) in [4.78, 5) is 2.78. The molecular formula is C23H23NO2S. The lowest BCUT2D eigenvalue weighted by atomic mass is 10.00. The van der Waals surface area contributed by atoms with Gasteiger partial charge < -0.3 is 9.64 Å². The van der Waals surface area contributed by atoms with E-state index in [4.69, 9.17) is 4.74 Å². The van der Waals surface area contributed by atoms with Crippen LogP contribution in [0.3, 0.4) is 0 Å². The topological polar surface area (TPSA) is 29.5 Å². The fraction of sp³-hybridized carbons (Fsp3) is 0.130. The molecule has 0 N–H and O–H groups in total. The maximum atomic E-state index is 13.2. The van der Waals surface area contributed by atoms with E-state index in [1.165, 1.54) is 0 Å². The van der Waals surface area contributed by atoms with Crippen molar-refractivity contribution in [3.8, 4) is 5.75 Å². The molecule has 27 heavy (non-hydrogen) atoms. The highest BCUT2D eigenvalue weighted by atomic mass is 32.2. The van der Waals surface area contributed by atoms with Crippen molar-refractivity contribution in [1.29, 1.82) is 0 Å². The Morgan fingerprint density at radius 3 is 2.07 bits per heavy atom. The molecule has 0 amide bonds. The van der Waals surface area contributed by atoms with Crippen molar-refractivity contribution in [2.24, 2.45) is 0 Å². The summed E-state index contributed by atoms with van der Waals surface area (Å²) in [5.41, 5.74) is 3.91. The van der Waals surface area contributed by atoms with Crippen LogP contribution in [0, 0.1) is 0 Å². The molecule has 0 saturated heterocycles. The second kappa shape index (κ2) is 8.69. The summed E-state index contributed by atoms with van der Waals surface area (Å²) in [6.45, 7) is 0. The van der Waals surface area contributed by atoms with Gasteiger partial charge in [0.25, 0.3) is 0 Å². The van der Waals surface area contributed by atoms with Gasteiger partial charge in [-0.25, -0.2) is 4.21 Å². The Morgan fingerprint density at radius 1 is 0.852 bits per heavy atom. The lowest BCUT2D eigenvalue weighted by molar-refractivity contribution is 0.415. The third kappa shape index (κ3) is 4.47. The number of hydrogen-bond donors (Lipinski definition) is 0. The summed E-state index contributed by atoms with van der Waals surface area (Å²) in [5.74, 6) is 0.797. The Labute approximate surface area is 163 Å². The van der Waals surface area contributed by atoms with Crippen LogP contribution in [0.25, 0.3) is 5.57 Å². The molecule has 0 aromatic heterocycles. The van der Waals surface area contributed by atoms with Gasteiger partial charge in [0.1, 0.15) is 5.75 Å². The van der Waals surface area contributed by atoms with Gasteiger partial charge in [0.05, 0.1) is 28.5 Å². The third-order valence-electron chi connectivity index (χ3n) is 4.27. The van der Waals surface area contributed by atoms with E-state index in [1.807, 2.05) is 103 Å². The fourth-order valence-electron chi connectivity index (χ4n) is 2.86. The van der Waals surface area contributed by atoms with Gasteiger partial charge in [0.15, 0.2) is 0 Å². The molecule has 138 valence electrons. The smallest absolute Gasteiger partial charge is 0.118 e. The van der Waals surface area contributed by atoms with Gasteiger partial charge in [-0.05, 0) is 41.0 Å². The van der Waals surface area contributed by atoms with Crippen molar-refractivity contribution in [1.82, 2.24) is 0 Å². The molecule has 3 rings (SSSR count). The molecule has 0 radical (unpaired) electrons.